The summed E-state index contributed by atoms with van der Waals surface area (Å²) < 4.78 is 13.3. The molecule has 2 aliphatic carbocycles. The van der Waals surface area contributed by atoms with E-state index in [9.17, 15) is 4.79 Å². The van der Waals surface area contributed by atoms with E-state index in [0.29, 0.717) is 17.9 Å². The van der Waals surface area contributed by atoms with Gasteiger partial charge in [-0.15, -0.1) is 0 Å². The number of fused-ring (bicyclic) bond motifs is 2. The van der Waals surface area contributed by atoms with Crippen LogP contribution in [0.3, 0.4) is 0 Å². The number of nitrogens with zero attached hydrogens (tertiary/aromatic N) is 1. The van der Waals surface area contributed by atoms with Gasteiger partial charge in [-0.05, 0) is 47.2 Å². The number of halogens is 1. The quantitative estimate of drug-likeness (QED) is 0.322. The predicted molar refractivity (Wildman–Crippen MR) is 144 cm³/mol. The van der Waals surface area contributed by atoms with Crippen LogP contribution in [0.15, 0.2) is 91.1 Å². The van der Waals surface area contributed by atoms with E-state index in [0.717, 1.165) is 24.1 Å². The Morgan fingerprint density at radius 2 is 1.61 bits per heavy atom. The lowest BCUT2D eigenvalue weighted by Crippen LogP contribution is -3.00. The molecule has 2 aliphatic rings. The van der Waals surface area contributed by atoms with Gasteiger partial charge in [-0.1, -0.05) is 66.7 Å². The first kappa shape index (κ1) is 25.9. The van der Waals surface area contributed by atoms with Crippen molar-refractivity contribution in [3.05, 3.63) is 130 Å². The van der Waals surface area contributed by atoms with Gasteiger partial charge in [0, 0.05) is 29.2 Å². The fraction of sp³-hybridized carbons (Fsp3) is 0.212. The SMILES string of the molecule is COc1cc2c(cc1OC)C(=O)C(Cc1cc[n+](Cc3ccccc3)c(C3C=Cc4ccccc43)c1)C2.[Br-]. The second-order valence-corrected chi connectivity index (χ2v) is 9.87. The molecule has 5 heteroatoms. The van der Waals surface area contributed by atoms with Gasteiger partial charge in [0.15, 0.2) is 35.7 Å². The van der Waals surface area contributed by atoms with Crippen LogP contribution in [0.25, 0.3) is 6.08 Å². The molecule has 0 saturated carbocycles. The smallest absolute Gasteiger partial charge is 0.193 e. The van der Waals surface area contributed by atoms with Crippen LogP contribution in [-0.4, -0.2) is 20.0 Å². The molecule has 0 N–H and O–H groups in total. The molecule has 0 aliphatic heterocycles. The summed E-state index contributed by atoms with van der Waals surface area (Å²) in [5.74, 6) is 1.56. The van der Waals surface area contributed by atoms with E-state index < -0.39 is 0 Å². The molecule has 2 unspecified atom stereocenters. The highest BCUT2D eigenvalue weighted by Crippen LogP contribution is 2.38. The maximum absolute atomic E-state index is 13.4. The van der Waals surface area contributed by atoms with Gasteiger partial charge in [0.05, 0.1) is 20.1 Å². The number of carbonyl (C=O) groups excluding carboxylic acids is 1. The molecule has 1 aromatic heterocycles. The lowest BCUT2D eigenvalue weighted by molar-refractivity contribution is -0.696. The number of allylic oxidation sites excluding steroid dienone is 1. The Labute approximate surface area is 234 Å². The van der Waals surface area contributed by atoms with Crippen LogP contribution >= 0.6 is 0 Å². The van der Waals surface area contributed by atoms with Crippen LogP contribution in [0.1, 0.15) is 49.8 Å². The van der Waals surface area contributed by atoms with E-state index in [2.05, 4.69) is 89.6 Å². The number of hydrogen-bond donors (Lipinski definition) is 0. The average molecular weight is 569 g/mol. The molecule has 2 atom stereocenters. The van der Waals surface area contributed by atoms with Crippen LogP contribution in [0, 0.1) is 5.92 Å². The first-order valence-corrected chi connectivity index (χ1v) is 12.8. The number of ketones is 1. The number of benzene rings is 3. The molecule has 1 heterocycles. The number of rotatable bonds is 7. The highest BCUT2D eigenvalue weighted by atomic mass is 79.9. The topological polar surface area (TPSA) is 39.4 Å². The zero-order valence-electron chi connectivity index (χ0n) is 21.6. The standard InChI is InChI=1S/C33H30NO3.BrH/c1-36-31-19-25-18-26(33(35)29(25)20-32(31)37-2)16-23-14-15-34(21-22-8-4-3-5-9-22)30(17-23)28-13-12-24-10-6-7-11-27(24)28;/h3-15,17,19-20,26,28H,16,18,21H2,1-2H3;1H/q+1;/p-1. The van der Waals surface area contributed by atoms with Crippen molar-refractivity contribution in [1.29, 1.82) is 0 Å². The molecule has 6 rings (SSSR count). The van der Waals surface area contributed by atoms with Crippen molar-refractivity contribution < 1.29 is 35.8 Å². The lowest BCUT2D eigenvalue weighted by Gasteiger charge is -2.14. The molecule has 0 spiro atoms. The zero-order valence-corrected chi connectivity index (χ0v) is 23.1. The van der Waals surface area contributed by atoms with Gasteiger partial charge in [-0.2, -0.15) is 4.57 Å². The van der Waals surface area contributed by atoms with Crippen molar-refractivity contribution in [2.24, 2.45) is 5.92 Å². The van der Waals surface area contributed by atoms with Crippen molar-refractivity contribution in [2.45, 2.75) is 25.3 Å². The van der Waals surface area contributed by atoms with Crippen molar-refractivity contribution >= 4 is 11.9 Å². The summed E-state index contributed by atoms with van der Waals surface area (Å²) in [6.45, 7) is 0.802. The number of Topliss-reactive ketones (excluding diaryl/α,β-unsaturated/α-hetero) is 1. The van der Waals surface area contributed by atoms with Gasteiger partial charge >= 0.3 is 0 Å². The Bertz CT molecular complexity index is 1510. The fourth-order valence-electron chi connectivity index (χ4n) is 5.77. The molecule has 0 fully saturated rings. The summed E-state index contributed by atoms with van der Waals surface area (Å²) in [5, 5.41) is 0. The van der Waals surface area contributed by atoms with Crippen molar-refractivity contribution in [3.8, 4) is 11.5 Å². The average Bonchev–Trinajstić information content (AvgIpc) is 3.50. The zero-order chi connectivity index (χ0) is 25.4. The Balaban J connectivity index is 0.00000294. The van der Waals surface area contributed by atoms with Crippen LogP contribution in [0.4, 0.5) is 0 Å². The normalized spacial score (nSPS) is 17.1. The van der Waals surface area contributed by atoms with Crippen LogP contribution in [0.2, 0.25) is 0 Å². The first-order valence-electron chi connectivity index (χ1n) is 12.8. The largest absolute Gasteiger partial charge is 1.00 e. The molecule has 0 bridgehead atoms. The Morgan fingerprint density at radius 1 is 0.868 bits per heavy atom. The third-order valence-corrected chi connectivity index (χ3v) is 7.64. The molecule has 38 heavy (non-hydrogen) atoms. The molecule has 0 amide bonds. The van der Waals surface area contributed by atoms with E-state index >= 15 is 0 Å². The van der Waals surface area contributed by atoms with Crippen LogP contribution in [-0.2, 0) is 19.4 Å². The summed E-state index contributed by atoms with van der Waals surface area (Å²) in [7, 11) is 3.23. The third kappa shape index (κ3) is 4.79. The summed E-state index contributed by atoms with van der Waals surface area (Å²) in [4.78, 5) is 13.4. The van der Waals surface area contributed by atoms with Gasteiger partial charge in [0.1, 0.15) is 0 Å². The number of methoxy groups -OCH3 is 2. The van der Waals surface area contributed by atoms with Gasteiger partial charge < -0.3 is 26.5 Å². The Hall–Kier alpha value is -3.70. The summed E-state index contributed by atoms with van der Waals surface area (Å²) in [5.41, 5.74) is 8.08. The minimum Gasteiger partial charge on any atom is -1.00 e. The van der Waals surface area contributed by atoms with Gasteiger partial charge in [0.2, 0.25) is 0 Å². The molecule has 4 aromatic rings. The summed E-state index contributed by atoms with van der Waals surface area (Å²) >= 11 is 0. The second-order valence-electron chi connectivity index (χ2n) is 9.87. The summed E-state index contributed by atoms with van der Waals surface area (Å²) in [6, 6.07) is 27.4. The lowest BCUT2D eigenvalue weighted by atomic mass is 9.92. The third-order valence-electron chi connectivity index (χ3n) is 7.64. The van der Waals surface area contributed by atoms with E-state index in [4.69, 9.17) is 9.47 Å². The molecule has 192 valence electrons. The van der Waals surface area contributed by atoms with Gasteiger partial charge in [-0.25, -0.2) is 0 Å². The number of aromatic nitrogens is 1. The van der Waals surface area contributed by atoms with Gasteiger partial charge in [0.25, 0.3) is 0 Å². The monoisotopic (exact) mass is 567 g/mol. The molecular weight excluding hydrogens is 538 g/mol. The fourth-order valence-corrected chi connectivity index (χ4v) is 5.77. The van der Waals surface area contributed by atoms with E-state index in [1.54, 1.807) is 14.2 Å². The molecule has 3 aromatic carbocycles. The van der Waals surface area contributed by atoms with Crippen LogP contribution in [0.5, 0.6) is 11.5 Å². The minimum absolute atomic E-state index is 0. The molecule has 4 nitrogen and oxygen atoms in total. The number of hydrogen-bond acceptors (Lipinski definition) is 3. The van der Waals surface area contributed by atoms with Crippen molar-refractivity contribution in [1.82, 2.24) is 0 Å². The number of carbonyl (C=O) groups is 1. The second kappa shape index (κ2) is 11.0. The van der Waals surface area contributed by atoms with E-state index in [-0.39, 0.29) is 34.6 Å². The maximum atomic E-state index is 13.4. The first-order chi connectivity index (χ1) is 18.1. The summed E-state index contributed by atoms with van der Waals surface area (Å²) in [6.07, 6.45) is 8.12. The Morgan fingerprint density at radius 3 is 2.39 bits per heavy atom. The molecule has 0 radical (unpaired) electrons. The van der Waals surface area contributed by atoms with Gasteiger partial charge in [-0.3, -0.25) is 4.79 Å². The number of ether oxygens (including phenoxy) is 2. The predicted octanol–water partition coefficient (Wildman–Crippen LogP) is 2.80. The number of pyridine rings is 1. The molecule has 0 saturated heterocycles. The van der Waals surface area contributed by atoms with Crippen molar-refractivity contribution in [3.63, 3.8) is 0 Å². The minimum atomic E-state index is -0.0870. The maximum Gasteiger partial charge on any atom is 0.193 e. The van der Waals surface area contributed by atoms with Crippen molar-refractivity contribution in [2.75, 3.05) is 14.2 Å². The highest BCUT2D eigenvalue weighted by Gasteiger charge is 2.33. The van der Waals surface area contributed by atoms with E-state index in [1.165, 1.54) is 27.9 Å². The Kier molecular flexibility index (Phi) is 7.48. The van der Waals surface area contributed by atoms with E-state index in [1.807, 2.05) is 12.1 Å². The highest BCUT2D eigenvalue weighted by molar-refractivity contribution is 6.03. The molecular formula is C33H30BrNO3. The van der Waals surface area contributed by atoms with Crippen LogP contribution < -0.4 is 31.0 Å².